The zero-order valence-electron chi connectivity index (χ0n) is 13.8. The zero-order chi connectivity index (χ0) is 19.0. The monoisotopic (exact) mass is 369 g/mol. The molecule has 1 aliphatic rings. The summed E-state index contributed by atoms with van der Waals surface area (Å²) in [6.07, 6.45) is 2.56. The summed E-state index contributed by atoms with van der Waals surface area (Å²) in [5, 5.41) is 9.01. The number of rotatable bonds is 3. The molecular weight excluding hydrogens is 356 g/mol. The Kier molecular flexibility index (Phi) is 4.11. The van der Waals surface area contributed by atoms with E-state index in [1.165, 1.54) is 47.7 Å². The summed E-state index contributed by atoms with van der Waals surface area (Å²) < 4.78 is 29.0. The number of fused-ring (bicyclic) bond motifs is 1. The Hall–Kier alpha value is -3.62. The lowest BCUT2D eigenvalue weighted by atomic mass is 9.89. The number of carbonyl (C=O) groups excluding carboxylic acids is 2. The summed E-state index contributed by atoms with van der Waals surface area (Å²) in [6, 6.07) is 7.98. The van der Waals surface area contributed by atoms with E-state index in [1.807, 2.05) is 0 Å². The lowest BCUT2D eigenvalue weighted by Crippen LogP contribution is -2.30. The second-order valence-corrected chi connectivity index (χ2v) is 6.03. The molecule has 0 bridgehead atoms. The van der Waals surface area contributed by atoms with Gasteiger partial charge in [0.25, 0.3) is 0 Å². The number of nitrogens with one attached hydrogen (secondary N) is 2. The largest absolute Gasteiger partial charge is 0.326 e. The number of halogens is 2. The molecule has 0 fully saturated rings. The maximum Gasteiger partial charge on any atom is 0.232 e. The maximum absolute atomic E-state index is 14.3. The molecule has 9 heteroatoms. The molecule has 2 amide bonds. The van der Waals surface area contributed by atoms with Gasteiger partial charge >= 0.3 is 0 Å². The van der Waals surface area contributed by atoms with E-state index in [1.54, 1.807) is 0 Å². The molecule has 0 spiro atoms. The normalized spacial score (nSPS) is 15.8. The molecule has 2 heterocycles. The predicted molar refractivity (Wildman–Crippen MR) is 92.3 cm³/mol. The number of anilines is 2. The van der Waals surface area contributed by atoms with Gasteiger partial charge in [-0.3, -0.25) is 9.59 Å². The van der Waals surface area contributed by atoms with Crippen LogP contribution in [0.4, 0.5) is 20.2 Å². The maximum atomic E-state index is 14.3. The van der Waals surface area contributed by atoms with Gasteiger partial charge in [-0.15, -0.1) is 0 Å². The molecule has 1 atom stereocenters. The highest BCUT2D eigenvalue weighted by molar-refractivity contribution is 6.05. The lowest BCUT2D eigenvalue weighted by Gasteiger charge is -2.25. The van der Waals surface area contributed by atoms with Crippen molar-refractivity contribution in [3.63, 3.8) is 0 Å². The van der Waals surface area contributed by atoms with Crippen LogP contribution in [0.15, 0.2) is 49.1 Å². The minimum absolute atomic E-state index is 0.0794. The van der Waals surface area contributed by atoms with Crippen molar-refractivity contribution in [2.45, 2.75) is 12.3 Å². The number of amides is 2. The Morgan fingerprint density at radius 1 is 1.22 bits per heavy atom. The van der Waals surface area contributed by atoms with Crippen LogP contribution in [0.2, 0.25) is 0 Å². The minimum atomic E-state index is -0.799. The Bertz CT molecular complexity index is 1040. The van der Waals surface area contributed by atoms with Gasteiger partial charge in [0.2, 0.25) is 11.8 Å². The predicted octanol–water partition coefficient (Wildman–Crippen LogP) is 2.61. The van der Waals surface area contributed by atoms with Crippen LogP contribution in [0.3, 0.4) is 0 Å². The Labute approximate surface area is 152 Å². The second kappa shape index (κ2) is 6.60. The zero-order valence-corrected chi connectivity index (χ0v) is 13.8. The highest BCUT2D eigenvalue weighted by Gasteiger charge is 2.31. The van der Waals surface area contributed by atoms with Gasteiger partial charge in [-0.2, -0.15) is 5.10 Å². The topological polar surface area (TPSA) is 88.9 Å². The molecule has 1 aromatic heterocycles. The summed E-state index contributed by atoms with van der Waals surface area (Å²) >= 11 is 0. The Morgan fingerprint density at radius 3 is 2.81 bits per heavy atom. The van der Waals surface area contributed by atoms with E-state index < -0.39 is 23.5 Å². The van der Waals surface area contributed by atoms with Crippen LogP contribution in [0.25, 0.3) is 5.69 Å². The first kappa shape index (κ1) is 16.8. The number of carbonyl (C=O) groups is 2. The number of hydrogen-bond donors (Lipinski definition) is 2. The van der Waals surface area contributed by atoms with Crippen LogP contribution < -0.4 is 10.6 Å². The van der Waals surface area contributed by atoms with Gasteiger partial charge in [0.15, 0.2) is 5.82 Å². The molecule has 1 unspecified atom stereocenters. The van der Waals surface area contributed by atoms with E-state index in [0.29, 0.717) is 5.56 Å². The number of aromatic nitrogens is 3. The summed E-state index contributed by atoms with van der Waals surface area (Å²) in [5.41, 5.74) is 1.19. The van der Waals surface area contributed by atoms with Crippen molar-refractivity contribution in [1.29, 1.82) is 0 Å². The summed E-state index contributed by atoms with van der Waals surface area (Å²) in [7, 11) is 0. The third-order valence-electron chi connectivity index (χ3n) is 4.25. The van der Waals surface area contributed by atoms with Crippen LogP contribution >= 0.6 is 0 Å². The average molecular weight is 369 g/mol. The average Bonchev–Trinajstić information content (AvgIpc) is 3.15. The van der Waals surface area contributed by atoms with Gasteiger partial charge in [0.1, 0.15) is 24.2 Å². The quantitative estimate of drug-likeness (QED) is 0.743. The summed E-state index contributed by atoms with van der Waals surface area (Å²) in [5.74, 6) is -2.78. The van der Waals surface area contributed by atoms with Gasteiger partial charge in [-0.1, -0.05) is 6.07 Å². The second-order valence-electron chi connectivity index (χ2n) is 6.03. The summed E-state index contributed by atoms with van der Waals surface area (Å²) in [6.45, 7) is 0. The fraction of sp³-hybridized carbons (Fsp3) is 0.111. The van der Waals surface area contributed by atoms with Crippen molar-refractivity contribution in [3.05, 3.63) is 66.3 Å². The standard InChI is InChI=1S/C18H13F2N5O2/c19-10-1-3-12-13(7-17(26)24-15(12)5-10)18(27)23-11-2-4-16(14(20)6-11)25-9-21-8-22-25/h1-6,8-9,13H,7H2,(H,23,27)(H,24,26). The lowest BCUT2D eigenvalue weighted by molar-refractivity contribution is -0.123. The van der Waals surface area contributed by atoms with Crippen molar-refractivity contribution in [2.24, 2.45) is 0 Å². The molecule has 3 aromatic rings. The molecule has 1 aliphatic heterocycles. The third kappa shape index (κ3) is 3.26. The van der Waals surface area contributed by atoms with Gasteiger partial charge < -0.3 is 10.6 Å². The van der Waals surface area contributed by atoms with Crippen molar-refractivity contribution in [2.75, 3.05) is 10.6 Å². The van der Waals surface area contributed by atoms with Crippen molar-refractivity contribution in [1.82, 2.24) is 14.8 Å². The Morgan fingerprint density at radius 2 is 2.07 bits per heavy atom. The molecule has 0 saturated carbocycles. The van der Waals surface area contributed by atoms with Crippen LogP contribution in [0, 0.1) is 11.6 Å². The molecule has 0 saturated heterocycles. The van der Waals surface area contributed by atoms with E-state index in [4.69, 9.17) is 0 Å². The molecule has 136 valence electrons. The summed E-state index contributed by atoms with van der Waals surface area (Å²) in [4.78, 5) is 28.3. The third-order valence-corrected chi connectivity index (χ3v) is 4.25. The van der Waals surface area contributed by atoms with E-state index in [2.05, 4.69) is 20.7 Å². The van der Waals surface area contributed by atoms with Crippen molar-refractivity contribution >= 4 is 23.2 Å². The van der Waals surface area contributed by atoms with Crippen molar-refractivity contribution in [3.8, 4) is 5.69 Å². The van der Waals surface area contributed by atoms with E-state index in [0.717, 1.165) is 6.07 Å². The van der Waals surface area contributed by atoms with Crippen LogP contribution in [-0.4, -0.2) is 26.6 Å². The number of benzene rings is 2. The van der Waals surface area contributed by atoms with Gasteiger partial charge in [-0.05, 0) is 35.9 Å². The molecule has 4 rings (SSSR count). The molecule has 0 aliphatic carbocycles. The van der Waals surface area contributed by atoms with Crippen LogP contribution in [0.5, 0.6) is 0 Å². The molecule has 7 nitrogen and oxygen atoms in total. The van der Waals surface area contributed by atoms with E-state index in [9.17, 15) is 18.4 Å². The minimum Gasteiger partial charge on any atom is -0.326 e. The SMILES string of the molecule is O=C1CC(C(=O)Nc2ccc(-n3cncn3)c(F)c2)c2ccc(F)cc2N1. The molecule has 27 heavy (non-hydrogen) atoms. The smallest absolute Gasteiger partial charge is 0.232 e. The highest BCUT2D eigenvalue weighted by Crippen LogP contribution is 2.33. The fourth-order valence-electron chi connectivity index (χ4n) is 3.00. The molecule has 2 N–H and O–H groups in total. The van der Waals surface area contributed by atoms with Gasteiger partial charge in [0, 0.05) is 17.8 Å². The fourth-order valence-corrected chi connectivity index (χ4v) is 3.00. The highest BCUT2D eigenvalue weighted by atomic mass is 19.1. The first-order valence-corrected chi connectivity index (χ1v) is 8.06. The first-order valence-electron chi connectivity index (χ1n) is 8.06. The Balaban J connectivity index is 1.58. The van der Waals surface area contributed by atoms with Crippen molar-refractivity contribution < 1.29 is 18.4 Å². The van der Waals surface area contributed by atoms with Gasteiger partial charge in [0.05, 0.1) is 5.92 Å². The molecule has 2 aromatic carbocycles. The first-order chi connectivity index (χ1) is 13.0. The molecular formula is C18H13F2N5O2. The number of hydrogen-bond acceptors (Lipinski definition) is 4. The number of nitrogens with zero attached hydrogens (tertiary/aromatic N) is 3. The van der Waals surface area contributed by atoms with E-state index in [-0.39, 0.29) is 29.4 Å². The van der Waals surface area contributed by atoms with E-state index >= 15 is 0 Å². The van der Waals surface area contributed by atoms with Crippen LogP contribution in [0.1, 0.15) is 17.9 Å². The van der Waals surface area contributed by atoms with Crippen LogP contribution in [-0.2, 0) is 9.59 Å². The van der Waals surface area contributed by atoms with Gasteiger partial charge in [-0.25, -0.2) is 18.4 Å². The molecule has 0 radical (unpaired) electrons.